The van der Waals surface area contributed by atoms with E-state index in [1.807, 2.05) is 48.5 Å². The van der Waals surface area contributed by atoms with E-state index in [1.54, 1.807) is 6.20 Å². The zero-order chi connectivity index (χ0) is 14.7. The Morgan fingerprint density at radius 1 is 1.00 bits per heavy atom. The molecule has 0 radical (unpaired) electrons. The minimum Gasteiger partial charge on any atom is -0.397 e. The van der Waals surface area contributed by atoms with Crippen molar-refractivity contribution >= 4 is 22.3 Å². The number of hydrogen-bond donors (Lipinski definition) is 3. The first-order valence-electron chi connectivity index (χ1n) is 6.83. The van der Waals surface area contributed by atoms with Gasteiger partial charge in [0.25, 0.3) is 0 Å². The second kappa shape index (κ2) is 5.81. The highest BCUT2D eigenvalue weighted by atomic mass is 16.3. The van der Waals surface area contributed by atoms with Gasteiger partial charge in [-0.05, 0) is 35.4 Å². The highest BCUT2D eigenvalue weighted by Gasteiger charge is 2.04. The van der Waals surface area contributed by atoms with Gasteiger partial charge in [-0.25, -0.2) is 0 Å². The lowest BCUT2D eigenvalue weighted by atomic mass is 10.1. The molecule has 0 saturated heterocycles. The van der Waals surface area contributed by atoms with Crippen LogP contribution in [-0.4, -0.2) is 10.1 Å². The van der Waals surface area contributed by atoms with E-state index in [1.165, 1.54) is 0 Å². The van der Waals surface area contributed by atoms with Gasteiger partial charge < -0.3 is 16.2 Å². The van der Waals surface area contributed by atoms with Crippen molar-refractivity contribution < 1.29 is 5.11 Å². The second-order valence-corrected chi connectivity index (χ2v) is 4.93. The van der Waals surface area contributed by atoms with E-state index in [9.17, 15) is 0 Å². The molecule has 0 unspecified atom stereocenters. The van der Waals surface area contributed by atoms with Crippen molar-refractivity contribution in [2.24, 2.45) is 0 Å². The first-order valence-corrected chi connectivity index (χ1v) is 6.83. The Kier molecular flexibility index (Phi) is 3.71. The molecule has 0 atom stereocenters. The molecule has 106 valence electrons. The van der Waals surface area contributed by atoms with Crippen molar-refractivity contribution in [2.75, 3.05) is 11.1 Å². The van der Waals surface area contributed by atoms with Crippen molar-refractivity contribution in [1.29, 1.82) is 0 Å². The molecule has 0 saturated carbocycles. The van der Waals surface area contributed by atoms with E-state index in [-0.39, 0.29) is 6.61 Å². The zero-order valence-electron chi connectivity index (χ0n) is 11.6. The third-order valence-corrected chi connectivity index (χ3v) is 3.52. The number of anilines is 2. The Balaban J connectivity index is 1.79. The van der Waals surface area contributed by atoms with Gasteiger partial charge in [0.2, 0.25) is 0 Å². The number of aromatic nitrogens is 1. The normalized spacial score (nSPS) is 10.7. The monoisotopic (exact) mass is 279 g/mol. The van der Waals surface area contributed by atoms with E-state index >= 15 is 0 Å². The number of nitrogen functional groups attached to an aromatic ring is 1. The predicted octanol–water partition coefficient (Wildman–Crippen LogP) is 2.92. The van der Waals surface area contributed by atoms with E-state index in [0.29, 0.717) is 12.2 Å². The van der Waals surface area contributed by atoms with Gasteiger partial charge >= 0.3 is 0 Å². The van der Waals surface area contributed by atoms with Crippen molar-refractivity contribution in [1.82, 2.24) is 4.98 Å². The third-order valence-electron chi connectivity index (χ3n) is 3.52. The van der Waals surface area contributed by atoms with Gasteiger partial charge in [-0.2, -0.15) is 0 Å². The van der Waals surface area contributed by atoms with Crippen LogP contribution in [0.1, 0.15) is 11.1 Å². The number of fused-ring (bicyclic) bond motifs is 1. The SMILES string of the molecule is Nc1c(NCc2ccc(CO)cc2)ccc2ncccc12. The quantitative estimate of drug-likeness (QED) is 0.642. The number of nitrogens with two attached hydrogens (primary N) is 1. The lowest BCUT2D eigenvalue weighted by Crippen LogP contribution is -2.03. The number of aliphatic hydroxyl groups excluding tert-OH is 1. The minimum absolute atomic E-state index is 0.0678. The van der Waals surface area contributed by atoms with E-state index in [4.69, 9.17) is 10.8 Å². The van der Waals surface area contributed by atoms with E-state index in [2.05, 4.69) is 10.3 Å². The summed E-state index contributed by atoms with van der Waals surface area (Å²) in [5.41, 5.74) is 10.8. The van der Waals surface area contributed by atoms with Crippen LogP contribution in [0.5, 0.6) is 0 Å². The summed E-state index contributed by atoms with van der Waals surface area (Å²) in [6, 6.07) is 15.6. The Labute approximate surface area is 123 Å². The molecule has 4 N–H and O–H groups in total. The highest BCUT2D eigenvalue weighted by Crippen LogP contribution is 2.27. The van der Waals surface area contributed by atoms with Crippen LogP contribution in [0.2, 0.25) is 0 Å². The first kappa shape index (κ1) is 13.4. The molecule has 2 aromatic carbocycles. The van der Waals surface area contributed by atoms with Gasteiger partial charge in [0.15, 0.2) is 0 Å². The summed E-state index contributed by atoms with van der Waals surface area (Å²) in [5, 5.41) is 13.3. The number of nitrogens with zero attached hydrogens (tertiary/aromatic N) is 1. The minimum atomic E-state index is 0.0678. The molecule has 1 heterocycles. The maximum Gasteiger partial charge on any atom is 0.0724 e. The van der Waals surface area contributed by atoms with Gasteiger partial charge in [-0.1, -0.05) is 24.3 Å². The molecule has 3 rings (SSSR count). The average molecular weight is 279 g/mol. The highest BCUT2D eigenvalue weighted by molar-refractivity contribution is 5.96. The first-order chi connectivity index (χ1) is 10.3. The molecule has 3 aromatic rings. The number of aliphatic hydroxyl groups is 1. The number of rotatable bonds is 4. The van der Waals surface area contributed by atoms with Gasteiger partial charge in [0.1, 0.15) is 0 Å². The molecule has 0 spiro atoms. The Bertz CT molecular complexity index is 754. The van der Waals surface area contributed by atoms with Crippen molar-refractivity contribution in [2.45, 2.75) is 13.2 Å². The molecule has 0 aliphatic carbocycles. The molecule has 4 nitrogen and oxygen atoms in total. The molecule has 0 bridgehead atoms. The smallest absolute Gasteiger partial charge is 0.0724 e. The molecule has 4 heteroatoms. The largest absolute Gasteiger partial charge is 0.397 e. The van der Waals surface area contributed by atoms with Crippen LogP contribution < -0.4 is 11.1 Å². The Morgan fingerprint density at radius 3 is 2.52 bits per heavy atom. The lowest BCUT2D eigenvalue weighted by Gasteiger charge is -2.11. The van der Waals surface area contributed by atoms with Gasteiger partial charge in [-0.15, -0.1) is 0 Å². The summed E-state index contributed by atoms with van der Waals surface area (Å²) in [5.74, 6) is 0. The van der Waals surface area contributed by atoms with Gasteiger partial charge in [0.05, 0.1) is 23.5 Å². The molecule has 0 fully saturated rings. The van der Waals surface area contributed by atoms with Crippen molar-refractivity contribution in [3.8, 4) is 0 Å². The van der Waals surface area contributed by atoms with E-state index in [0.717, 1.165) is 27.7 Å². The number of nitrogens with one attached hydrogen (secondary N) is 1. The summed E-state index contributed by atoms with van der Waals surface area (Å²) in [4.78, 5) is 4.29. The van der Waals surface area contributed by atoms with Crippen LogP contribution in [0, 0.1) is 0 Å². The predicted molar refractivity (Wildman–Crippen MR) is 85.8 cm³/mol. The fourth-order valence-electron chi connectivity index (χ4n) is 2.29. The lowest BCUT2D eigenvalue weighted by molar-refractivity contribution is 0.282. The van der Waals surface area contributed by atoms with Crippen LogP contribution in [0.4, 0.5) is 11.4 Å². The zero-order valence-corrected chi connectivity index (χ0v) is 11.6. The summed E-state index contributed by atoms with van der Waals surface area (Å²) in [7, 11) is 0. The summed E-state index contributed by atoms with van der Waals surface area (Å²) in [6.45, 7) is 0.750. The van der Waals surface area contributed by atoms with Crippen LogP contribution in [0.25, 0.3) is 10.9 Å². The number of benzene rings is 2. The van der Waals surface area contributed by atoms with Crippen LogP contribution >= 0.6 is 0 Å². The Morgan fingerprint density at radius 2 is 1.76 bits per heavy atom. The second-order valence-electron chi connectivity index (χ2n) is 4.93. The topological polar surface area (TPSA) is 71.2 Å². The van der Waals surface area contributed by atoms with Crippen molar-refractivity contribution in [3.05, 3.63) is 65.9 Å². The number of pyridine rings is 1. The molecule has 0 amide bonds. The molecular weight excluding hydrogens is 262 g/mol. The molecular formula is C17H17N3O. The molecule has 1 aromatic heterocycles. The third kappa shape index (κ3) is 2.80. The average Bonchev–Trinajstić information content (AvgIpc) is 2.55. The Hall–Kier alpha value is -2.59. The summed E-state index contributed by atoms with van der Waals surface area (Å²) >= 11 is 0. The summed E-state index contributed by atoms with van der Waals surface area (Å²) in [6.07, 6.45) is 1.76. The molecule has 0 aliphatic heterocycles. The fourth-order valence-corrected chi connectivity index (χ4v) is 2.29. The molecule has 0 aliphatic rings. The van der Waals surface area contributed by atoms with Crippen LogP contribution in [0.3, 0.4) is 0 Å². The number of hydrogen-bond acceptors (Lipinski definition) is 4. The standard InChI is InChI=1S/C17H17N3O/c18-17-14-2-1-9-19-15(14)7-8-16(17)20-10-12-3-5-13(11-21)6-4-12/h1-9,20-21H,10-11,18H2. The van der Waals surface area contributed by atoms with Gasteiger partial charge in [0, 0.05) is 18.1 Å². The van der Waals surface area contributed by atoms with Crippen LogP contribution in [-0.2, 0) is 13.2 Å². The van der Waals surface area contributed by atoms with Crippen molar-refractivity contribution in [3.63, 3.8) is 0 Å². The van der Waals surface area contributed by atoms with Gasteiger partial charge in [-0.3, -0.25) is 4.98 Å². The molecule has 21 heavy (non-hydrogen) atoms. The van der Waals surface area contributed by atoms with E-state index < -0.39 is 0 Å². The maximum absolute atomic E-state index is 9.04. The summed E-state index contributed by atoms with van der Waals surface area (Å²) < 4.78 is 0. The maximum atomic E-state index is 9.04. The van der Waals surface area contributed by atoms with Crippen LogP contribution in [0.15, 0.2) is 54.7 Å². The fraction of sp³-hybridized carbons (Fsp3) is 0.118.